The van der Waals surface area contributed by atoms with Gasteiger partial charge in [-0.05, 0) is 19.4 Å². The molecule has 2 N–H and O–H groups in total. The quantitative estimate of drug-likeness (QED) is 0.713. The molecule has 2 saturated heterocycles. The molecule has 2 fully saturated rings. The normalized spacial score (nSPS) is 27.5. The molecule has 0 aliphatic carbocycles. The summed E-state index contributed by atoms with van der Waals surface area (Å²) in [5.41, 5.74) is 5.96. The molecule has 0 spiro atoms. The Hall–Kier alpha value is -0.200. The summed E-state index contributed by atoms with van der Waals surface area (Å²) in [6.45, 7) is 5.42. The van der Waals surface area contributed by atoms with E-state index in [1.165, 1.54) is 32.4 Å². The van der Waals surface area contributed by atoms with Crippen LogP contribution >= 0.6 is 0 Å². The fourth-order valence-corrected chi connectivity index (χ4v) is 3.42. The third kappa shape index (κ3) is 3.89. The van der Waals surface area contributed by atoms with Crippen molar-refractivity contribution in [3.05, 3.63) is 0 Å². The number of methoxy groups -OCH3 is 2. The number of piperidine rings is 1. The van der Waals surface area contributed by atoms with Crippen LogP contribution in [0.5, 0.6) is 0 Å². The number of nitrogens with zero attached hydrogens (tertiary/aromatic N) is 2. The van der Waals surface area contributed by atoms with Crippen LogP contribution in [0.15, 0.2) is 0 Å². The first-order chi connectivity index (χ1) is 9.28. The van der Waals surface area contributed by atoms with Gasteiger partial charge in [-0.15, -0.1) is 0 Å². The maximum Gasteiger partial charge on any atom is 0.158 e. The van der Waals surface area contributed by atoms with Crippen LogP contribution in [0.1, 0.15) is 25.7 Å². The van der Waals surface area contributed by atoms with Crippen molar-refractivity contribution >= 4 is 0 Å². The first kappa shape index (κ1) is 15.2. The lowest BCUT2D eigenvalue weighted by Gasteiger charge is -2.46. The number of fused-ring (bicyclic) bond motifs is 1. The van der Waals surface area contributed by atoms with Crippen molar-refractivity contribution in [1.29, 1.82) is 0 Å². The SMILES string of the molecule is COC(CC(CN)N1CCN2CCCCC2C1)OC. The molecule has 0 bridgehead atoms. The number of nitrogens with two attached hydrogens (primary N) is 1. The summed E-state index contributed by atoms with van der Waals surface area (Å²) in [6, 6.07) is 1.11. The lowest BCUT2D eigenvalue weighted by molar-refractivity contribution is -0.119. The first-order valence-electron chi connectivity index (χ1n) is 7.52. The van der Waals surface area contributed by atoms with Gasteiger partial charge >= 0.3 is 0 Å². The molecule has 2 unspecified atom stereocenters. The van der Waals surface area contributed by atoms with E-state index in [0.717, 1.165) is 25.6 Å². The van der Waals surface area contributed by atoms with Gasteiger partial charge in [0.1, 0.15) is 0 Å². The molecule has 0 saturated carbocycles. The van der Waals surface area contributed by atoms with E-state index in [4.69, 9.17) is 15.2 Å². The van der Waals surface area contributed by atoms with E-state index in [-0.39, 0.29) is 6.29 Å². The Morgan fingerprint density at radius 3 is 2.63 bits per heavy atom. The molecule has 112 valence electrons. The highest BCUT2D eigenvalue weighted by molar-refractivity contribution is 4.88. The van der Waals surface area contributed by atoms with Crippen LogP contribution in [0.2, 0.25) is 0 Å². The number of rotatable bonds is 6. The maximum absolute atomic E-state index is 5.96. The Balaban J connectivity index is 1.88. The van der Waals surface area contributed by atoms with Gasteiger partial charge in [-0.1, -0.05) is 6.42 Å². The number of hydrogen-bond donors (Lipinski definition) is 1. The third-order valence-electron chi connectivity index (χ3n) is 4.65. The largest absolute Gasteiger partial charge is 0.356 e. The predicted octanol–water partition coefficient (Wildman–Crippen LogP) is 0.493. The highest BCUT2D eigenvalue weighted by Gasteiger charge is 2.32. The van der Waals surface area contributed by atoms with Gasteiger partial charge in [-0.3, -0.25) is 9.80 Å². The van der Waals surface area contributed by atoms with Crippen LogP contribution in [0.4, 0.5) is 0 Å². The zero-order valence-electron chi connectivity index (χ0n) is 12.4. The Morgan fingerprint density at radius 2 is 1.95 bits per heavy atom. The predicted molar refractivity (Wildman–Crippen MR) is 76.1 cm³/mol. The van der Waals surface area contributed by atoms with E-state index in [2.05, 4.69) is 9.80 Å². The maximum atomic E-state index is 5.96. The van der Waals surface area contributed by atoms with Gasteiger partial charge in [0.25, 0.3) is 0 Å². The average molecular weight is 271 g/mol. The summed E-state index contributed by atoms with van der Waals surface area (Å²) in [7, 11) is 3.39. The lowest BCUT2D eigenvalue weighted by Crippen LogP contribution is -2.58. The summed E-state index contributed by atoms with van der Waals surface area (Å²) in [5.74, 6) is 0. The summed E-state index contributed by atoms with van der Waals surface area (Å²) in [6.07, 6.45) is 4.80. The van der Waals surface area contributed by atoms with Gasteiger partial charge in [-0.2, -0.15) is 0 Å². The third-order valence-corrected chi connectivity index (χ3v) is 4.65. The Kier molecular flexibility index (Phi) is 6.04. The summed E-state index contributed by atoms with van der Waals surface area (Å²) < 4.78 is 10.6. The molecule has 19 heavy (non-hydrogen) atoms. The number of piperazine rings is 1. The highest BCUT2D eigenvalue weighted by Crippen LogP contribution is 2.23. The van der Waals surface area contributed by atoms with Gasteiger partial charge in [0.05, 0.1) is 0 Å². The van der Waals surface area contributed by atoms with Gasteiger partial charge in [0.2, 0.25) is 0 Å². The molecule has 0 aromatic heterocycles. The second-order valence-corrected chi connectivity index (χ2v) is 5.71. The molecule has 2 atom stereocenters. The van der Waals surface area contributed by atoms with Gasteiger partial charge < -0.3 is 15.2 Å². The van der Waals surface area contributed by atoms with E-state index in [1.54, 1.807) is 14.2 Å². The molecule has 2 aliphatic heterocycles. The van der Waals surface area contributed by atoms with Crippen LogP contribution in [-0.2, 0) is 9.47 Å². The van der Waals surface area contributed by atoms with E-state index in [1.807, 2.05) is 0 Å². The van der Waals surface area contributed by atoms with Crippen LogP contribution < -0.4 is 5.73 Å². The molecular weight excluding hydrogens is 242 g/mol. The number of ether oxygens (including phenoxy) is 2. The zero-order valence-corrected chi connectivity index (χ0v) is 12.4. The van der Waals surface area contributed by atoms with Crippen molar-refractivity contribution in [1.82, 2.24) is 9.80 Å². The van der Waals surface area contributed by atoms with Crippen LogP contribution in [-0.4, -0.2) is 75.1 Å². The summed E-state index contributed by atoms with van der Waals surface area (Å²) in [4.78, 5) is 5.19. The minimum atomic E-state index is -0.141. The fraction of sp³-hybridized carbons (Fsp3) is 1.00. The summed E-state index contributed by atoms with van der Waals surface area (Å²) in [5, 5.41) is 0. The van der Waals surface area contributed by atoms with Crippen molar-refractivity contribution in [2.24, 2.45) is 5.73 Å². The lowest BCUT2D eigenvalue weighted by atomic mass is 9.98. The minimum absolute atomic E-state index is 0.141. The highest BCUT2D eigenvalue weighted by atomic mass is 16.7. The number of hydrogen-bond acceptors (Lipinski definition) is 5. The van der Waals surface area contributed by atoms with E-state index >= 15 is 0 Å². The second-order valence-electron chi connectivity index (χ2n) is 5.71. The van der Waals surface area contributed by atoms with Gasteiger partial charge in [0.15, 0.2) is 6.29 Å². The molecule has 2 aliphatic rings. The minimum Gasteiger partial charge on any atom is -0.356 e. The topological polar surface area (TPSA) is 51.0 Å². The zero-order chi connectivity index (χ0) is 13.7. The molecule has 0 amide bonds. The molecule has 5 heteroatoms. The molecule has 2 rings (SSSR count). The molecule has 0 aromatic rings. The molecule has 2 heterocycles. The van der Waals surface area contributed by atoms with E-state index < -0.39 is 0 Å². The average Bonchev–Trinajstić information content (AvgIpc) is 2.48. The van der Waals surface area contributed by atoms with Crippen molar-refractivity contribution in [3.8, 4) is 0 Å². The van der Waals surface area contributed by atoms with E-state index in [9.17, 15) is 0 Å². The molecule has 0 aromatic carbocycles. The summed E-state index contributed by atoms with van der Waals surface area (Å²) >= 11 is 0. The molecular formula is C14H29N3O2. The van der Waals surface area contributed by atoms with Crippen molar-refractivity contribution < 1.29 is 9.47 Å². The first-order valence-corrected chi connectivity index (χ1v) is 7.52. The van der Waals surface area contributed by atoms with Crippen LogP contribution in [0.3, 0.4) is 0 Å². The van der Waals surface area contributed by atoms with Gasteiger partial charge in [-0.25, -0.2) is 0 Å². The molecule has 5 nitrogen and oxygen atoms in total. The van der Waals surface area contributed by atoms with E-state index in [0.29, 0.717) is 12.6 Å². The van der Waals surface area contributed by atoms with Gasteiger partial charge in [0, 0.05) is 58.9 Å². The van der Waals surface area contributed by atoms with Crippen LogP contribution in [0, 0.1) is 0 Å². The van der Waals surface area contributed by atoms with Crippen molar-refractivity contribution in [2.75, 3.05) is 46.9 Å². The molecule has 0 radical (unpaired) electrons. The monoisotopic (exact) mass is 271 g/mol. The van der Waals surface area contributed by atoms with Crippen LogP contribution in [0.25, 0.3) is 0 Å². The Morgan fingerprint density at radius 1 is 1.16 bits per heavy atom. The van der Waals surface area contributed by atoms with Crippen molar-refractivity contribution in [2.45, 2.75) is 44.1 Å². The standard InChI is InChI=1S/C14H29N3O2/c1-18-14(19-2)9-13(10-15)17-8-7-16-6-4-3-5-12(16)11-17/h12-14H,3-11,15H2,1-2H3. The fourth-order valence-electron chi connectivity index (χ4n) is 3.42. The Bertz CT molecular complexity index is 261. The second kappa shape index (κ2) is 7.55. The van der Waals surface area contributed by atoms with Crippen molar-refractivity contribution in [3.63, 3.8) is 0 Å². The Labute approximate surface area is 117 Å². The smallest absolute Gasteiger partial charge is 0.158 e.